The SMILES string of the molecule is CCNC(=NCCC(C)(C)C)NC(C)c1nc(C)c(C(=O)OCC)s1. The smallest absolute Gasteiger partial charge is 0.350 e. The summed E-state index contributed by atoms with van der Waals surface area (Å²) in [5.41, 5.74) is 0.967. The second kappa shape index (κ2) is 9.75. The lowest BCUT2D eigenvalue weighted by atomic mass is 9.93. The number of carbonyl (C=O) groups excluding carboxylic acids is 1. The molecule has 0 saturated carbocycles. The Bertz CT molecular complexity index is 590. The maximum atomic E-state index is 12.0. The van der Waals surface area contributed by atoms with Gasteiger partial charge in [-0.05, 0) is 39.5 Å². The Balaban J connectivity index is 2.80. The molecule has 1 rings (SSSR count). The predicted molar refractivity (Wildman–Crippen MR) is 104 cm³/mol. The van der Waals surface area contributed by atoms with Crippen molar-refractivity contribution in [2.24, 2.45) is 10.4 Å². The zero-order valence-electron chi connectivity index (χ0n) is 16.5. The normalized spacial score (nSPS) is 13.5. The molecule has 7 heteroatoms. The van der Waals surface area contributed by atoms with Crippen LogP contribution < -0.4 is 10.6 Å². The van der Waals surface area contributed by atoms with Gasteiger partial charge in [-0.1, -0.05) is 20.8 Å². The molecule has 0 spiro atoms. The Morgan fingerprint density at radius 3 is 2.60 bits per heavy atom. The number of hydrogen-bond donors (Lipinski definition) is 2. The van der Waals surface area contributed by atoms with E-state index in [1.165, 1.54) is 11.3 Å². The van der Waals surface area contributed by atoms with Crippen LogP contribution >= 0.6 is 11.3 Å². The third-order valence-corrected chi connectivity index (χ3v) is 4.79. The van der Waals surface area contributed by atoms with E-state index in [9.17, 15) is 4.79 Å². The van der Waals surface area contributed by atoms with Crippen molar-refractivity contribution in [3.63, 3.8) is 0 Å². The third-order valence-electron chi connectivity index (χ3n) is 3.47. The van der Waals surface area contributed by atoms with Crippen LogP contribution in [-0.2, 0) is 4.74 Å². The van der Waals surface area contributed by atoms with E-state index in [2.05, 4.69) is 41.4 Å². The lowest BCUT2D eigenvalue weighted by Gasteiger charge is -2.18. The second-order valence-corrected chi connectivity index (χ2v) is 8.16. The number of nitrogens with zero attached hydrogens (tertiary/aromatic N) is 2. The van der Waals surface area contributed by atoms with Crippen LogP contribution in [0.4, 0.5) is 0 Å². The molecule has 0 aromatic carbocycles. The quantitative estimate of drug-likeness (QED) is 0.436. The maximum Gasteiger partial charge on any atom is 0.350 e. The molecule has 0 aliphatic rings. The van der Waals surface area contributed by atoms with Crippen molar-refractivity contribution in [2.45, 2.75) is 60.9 Å². The van der Waals surface area contributed by atoms with Gasteiger partial charge in [0.05, 0.1) is 18.3 Å². The van der Waals surface area contributed by atoms with Crippen LogP contribution in [0.15, 0.2) is 4.99 Å². The molecule has 0 bridgehead atoms. The van der Waals surface area contributed by atoms with Gasteiger partial charge in [-0.3, -0.25) is 4.99 Å². The molecule has 1 atom stereocenters. The molecular formula is C18H32N4O2S. The first-order valence-electron chi connectivity index (χ1n) is 8.87. The van der Waals surface area contributed by atoms with Gasteiger partial charge >= 0.3 is 5.97 Å². The van der Waals surface area contributed by atoms with Gasteiger partial charge < -0.3 is 15.4 Å². The van der Waals surface area contributed by atoms with E-state index in [1.54, 1.807) is 6.92 Å². The molecule has 1 aromatic rings. The van der Waals surface area contributed by atoms with Gasteiger partial charge in [0.15, 0.2) is 5.96 Å². The molecule has 0 radical (unpaired) electrons. The number of aromatic nitrogens is 1. The van der Waals surface area contributed by atoms with Gasteiger partial charge in [0.25, 0.3) is 0 Å². The molecule has 0 aliphatic carbocycles. The molecule has 1 unspecified atom stereocenters. The molecule has 0 saturated heterocycles. The first-order chi connectivity index (χ1) is 11.7. The summed E-state index contributed by atoms with van der Waals surface area (Å²) in [7, 11) is 0. The fourth-order valence-electron chi connectivity index (χ4n) is 2.08. The van der Waals surface area contributed by atoms with Crippen molar-refractivity contribution >= 4 is 23.3 Å². The van der Waals surface area contributed by atoms with Gasteiger partial charge in [0.2, 0.25) is 0 Å². The topological polar surface area (TPSA) is 75.6 Å². The van der Waals surface area contributed by atoms with E-state index in [1.807, 2.05) is 20.8 Å². The average Bonchev–Trinajstić information content (AvgIpc) is 2.88. The molecule has 0 aliphatic heterocycles. The van der Waals surface area contributed by atoms with Crippen LogP contribution in [0.25, 0.3) is 0 Å². The van der Waals surface area contributed by atoms with Crippen LogP contribution in [-0.4, -0.2) is 36.6 Å². The largest absolute Gasteiger partial charge is 0.462 e. The number of rotatable bonds is 7. The molecule has 2 N–H and O–H groups in total. The highest BCUT2D eigenvalue weighted by Gasteiger charge is 2.20. The fraction of sp³-hybridized carbons (Fsp3) is 0.722. The highest BCUT2D eigenvalue weighted by Crippen LogP contribution is 2.24. The minimum absolute atomic E-state index is 0.0423. The number of carbonyl (C=O) groups is 1. The first-order valence-corrected chi connectivity index (χ1v) is 9.68. The maximum absolute atomic E-state index is 12.0. The second-order valence-electron chi connectivity index (χ2n) is 7.12. The molecule has 0 amide bonds. The summed E-state index contributed by atoms with van der Waals surface area (Å²) in [5, 5.41) is 7.47. The summed E-state index contributed by atoms with van der Waals surface area (Å²) < 4.78 is 5.08. The highest BCUT2D eigenvalue weighted by atomic mass is 32.1. The van der Waals surface area contributed by atoms with Crippen molar-refractivity contribution in [3.05, 3.63) is 15.6 Å². The van der Waals surface area contributed by atoms with Gasteiger partial charge in [0.1, 0.15) is 9.88 Å². The number of thiazole rings is 1. The monoisotopic (exact) mass is 368 g/mol. The van der Waals surface area contributed by atoms with Crippen molar-refractivity contribution in [1.29, 1.82) is 0 Å². The van der Waals surface area contributed by atoms with E-state index in [0.29, 0.717) is 17.2 Å². The average molecular weight is 369 g/mol. The summed E-state index contributed by atoms with van der Waals surface area (Å²) in [6.45, 7) is 16.2. The van der Waals surface area contributed by atoms with E-state index in [0.717, 1.165) is 30.5 Å². The summed E-state index contributed by atoms with van der Waals surface area (Å²) in [6.07, 6.45) is 1.02. The molecular weight excluding hydrogens is 336 g/mol. The minimum atomic E-state index is -0.304. The van der Waals surface area contributed by atoms with Crippen LogP contribution in [0.2, 0.25) is 0 Å². The van der Waals surface area contributed by atoms with E-state index < -0.39 is 0 Å². The molecule has 6 nitrogen and oxygen atoms in total. The fourth-order valence-corrected chi connectivity index (χ4v) is 3.04. The van der Waals surface area contributed by atoms with Crippen LogP contribution in [0.5, 0.6) is 0 Å². The molecule has 0 fully saturated rings. The standard InChI is InChI=1S/C18H32N4O2S/c1-8-19-17(20-11-10-18(5,6)7)22-13(4)15-21-12(3)14(25-15)16(23)24-9-2/h13H,8-11H2,1-7H3,(H2,19,20,22). The van der Waals surface area contributed by atoms with E-state index >= 15 is 0 Å². The Hall–Kier alpha value is -1.63. The lowest BCUT2D eigenvalue weighted by molar-refractivity contribution is 0.0531. The number of hydrogen-bond acceptors (Lipinski definition) is 5. The van der Waals surface area contributed by atoms with E-state index in [4.69, 9.17) is 4.74 Å². The van der Waals surface area contributed by atoms with Gasteiger partial charge in [-0.25, -0.2) is 9.78 Å². The third kappa shape index (κ3) is 7.42. The zero-order valence-corrected chi connectivity index (χ0v) is 17.3. The van der Waals surface area contributed by atoms with Crippen molar-refractivity contribution in [1.82, 2.24) is 15.6 Å². The number of aliphatic imine (C=N–C) groups is 1. The van der Waals surface area contributed by atoms with Crippen LogP contribution in [0.3, 0.4) is 0 Å². The number of guanidine groups is 1. The van der Waals surface area contributed by atoms with Crippen LogP contribution in [0, 0.1) is 12.3 Å². The number of ether oxygens (including phenoxy) is 1. The van der Waals surface area contributed by atoms with Crippen molar-refractivity contribution in [3.8, 4) is 0 Å². The summed E-state index contributed by atoms with van der Waals surface area (Å²) >= 11 is 1.37. The predicted octanol–water partition coefficient (Wildman–Crippen LogP) is 3.68. The summed E-state index contributed by atoms with van der Waals surface area (Å²) in [4.78, 5) is 21.7. The number of aryl methyl sites for hydroxylation is 1. The minimum Gasteiger partial charge on any atom is -0.462 e. The van der Waals surface area contributed by atoms with E-state index in [-0.39, 0.29) is 17.4 Å². The molecule has 1 heterocycles. The number of esters is 1. The molecule has 1 aromatic heterocycles. The Morgan fingerprint density at radius 2 is 2.04 bits per heavy atom. The molecule has 142 valence electrons. The first kappa shape index (κ1) is 21.4. The molecule has 25 heavy (non-hydrogen) atoms. The Kier molecular flexibility index (Phi) is 8.35. The lowest BCUT2D eigenvalue weighted by Crippen LogP contribution is -2.39. The van der Waals surface area contributed by atoms with Crippen molar-refractivity contribution in [2.75, 3.05) is 19.7 Å². The zero-order chi connectivity index (χ0) is 19.0. The summed E-state index contributed by atoms with van der Waals surface area (Å²) in [6, 6.07) is -0.0423. The van der Waals surface area contributed by atoms with Gasteiger partial charge in [-0.15, -0.1) is 11.3 Å². The van der Waals surface area contributed by atoms with Gasteiger partial charge in [-0.2, -0.15) is 0 Å². The Labute approximate surface area is 155 Å². The van der Waals surface area contributed by atoms with Crippen LogP contribution in [0.1, 0.15) is 74.4 Å². The van der Waals surface area contributed by atoms with Crippen molar-refractivity contribution < 1.29 is 9.53 Å². The Morgan fingerprint density at radius 1 is 1.36 bits per heavy atom. The summed E-state index contributed by atoms with van der Waals surface area (Å²) in [5.74, 6) is 0.464. The number of nitrogens with one attached hydrogen (secondary N) is 2. The van der Waals surface area contributed by atoms with Gasteiger partial charge in [0, 0.05) is 13.1 Å². The highest BCUT2D eigenvalue weighted by molar-refractivity contribution is 7.13.